The molecule has 2 amide bonds. The SMILES string of the molecule is COC(=O)C1CCN(C(=O)C2CCN(C(=O)c3ccc(Br)cc3)CC2)CC1. The summed E-state index contributed by atoms with van der Waals surface area (Å²) in [5, 5.41) is 0. The zero-order chi connectivity index (χ0) is 19.4. The summed E-state index contributed by atoms with van der Waals surface area (Å²) in [5.74, 6) is -0.124. The van der Waals surface area contributed by atoms with Gasteiger partial charge in [-0.25, -0.2) is 0 Å². The Hall–Kier alpha value is -1.89. The van der Waals surface area contributed by atoms with E-state index in [1.165, 1.54) is 7.11 Å². The molecule has 146 valence electrons. The number of hydrogen-bond donors (Lipinski definition) is 0. The van der Waals surface area contributed by atoms with Gasteiger partial charge in [-0.05, 0) is 49.9 Å². The highest BCUT2D eigenvalue weighted by Crippen LogP contribution is 2.25. The molecule has 27 heavy (non-hydrogen) atoms. The van der Waals surface area contributed by atoms with Crippen LogP contribution in [0.2, 0.25) is 0 Å². The summed E-state index contributed by atoms with van der Waals surface area (Å²) < 4.78 is 5.74. The van der Waals surface area contributed by atoms with Gasteiger partial charge >= 0.3 is 5.97 Å². The van der Waals surface area contributed by atoms with Gasteiger partial charge in [0.25, 0.3) is 5.91 Å². The number of piperidine rings is 2. The van der Waals surface area contributed by atoms with E-state index in [0.29, 0.717) is 57.4 Å². The number of carbonyl (C=O) groups is 3. The van der Waals surface area contributed by atoms with E-state index in [1.54, 1.807) is 0 Å². The lowest BCUT2D eigenvalue weighted by Gasteiger charge is -2.36. The van der Waals surface area contributed by atoms with E-state index in [4.69, 9.17) is 4.74 Å². The fourth-order valence-corrected chi connectivity index (χ4v) is 4.13. The van der Waals surface area contributed by atoms with Crippen molar-refractivity contribution >= 4 is 33.7 Å². The van der Waals surface area contributed by atoms with E-state index in [1.807, 2.05) is 34.1 Å². The standard InChI is InChI=1S/C20H25BrN2O4/c1-27-20(26)16-8-12-23(13-9-16)19(25)15-6-10-22(11-7-15)18(24)14-2-4-17(21)5-3-14/h2-5,15-16H,6-13H2,1H3. The molecule has 0 atom stereocenters. The minimum Gasteiger partial charge on any atom is -0.469 e. The molecule has 2 aliphatic heterocycles. The fourth-order valence-electron chi connectivity index (χ4n) is 3.87. The zero-order valence-electron chi connectivity index (χ0n) is 15.5. The fraction of sp³-hybridized carbons (Fsp3) is 0.550. The lowest BCUT2D eigenvalue weighted by molar-refractivity contribution is -0.149. The van der Waals surface area contributed by atoms with Crippen LogP contribution in [0.1, 0.15) is 36.0 Å². The molecule has 3 rings (SSSR count). The van der Waals surface area contributed by atoms with Gasteiger partial charge in [-0.2, -0.15) is 0 Å². The number of ether oxygens (including phenoxy) is 1. The molecule has 1 aromatic rings. The number of esters is 1. The van der Waals surface area contributed by atoms with Gasteiger partial charge in [-0.15, -0.1) is 0 Å². The maximum Gasteiger partial charge on any atom is 0.308 e. The highest BCUT2D eigenvalue weighted by Gasteiger charge is 2.33. The van der Waals surface area contributed by atoms with Crippen LogP contribution in [-0.4, -0.2) is 60.9 Å². The summed E-state index contributed by atoms with van der Waals surface area (Å²) in [4.78, 5) is 40.7. The summed E-state index contributed by atoms with van der Waals surface area (Å²) >= 11 is 3.38. The molecule has 0 unspecified atom stereocenters. The zero-order valence-corrected chi connectivity index (χ0v) is 17.1. The second-order valence-electron chi connectivity index (χ2n) is 7.20. The van der Waals surface area contributed by atoms with Crippen LogP contribution in [0.3, 0.4) is 0 Å². The van der Waals surface area contributed by atoms with Gasteiger partial charge in [0.15, 0.2) is 0 Å². The van der Waals surface area contributed by atoms with Crippen molar-refractivity contribution in [1.29, 1.82) is 0 Å². The lowest BCUT2D eigenvalue weighted by atomic mass is 9.92. The number of benzene rings is 1. The summed E-state index contributed by atoms with van der Waals surface area (Å²) in [6.07, 6.45) is 2.72. The first-order chi connectivity index (χ1) is 13.0. The van der Waals surface area contributed by atoms with Crippen molar-refractivity contribution in [2.75, 3.05) is 33.3 Å². The van der Waals surface area contributed by atoms with E-state index >= 15 is 0 Å². The average Bonchev–Trinajstić information content (AvgIpc) is 2.73. The van der Waals surface area contributed by atoms with Gasteiger partial charge in [-0.3, -0.25) is 14.4 Å². The molecule has 7 heteroatoms. The van der Waals surface area contributed by atoms with Crippen LogP contribution in [0.15, 0.2) is 28.7 Å². The molecule has 2 saturated heterocycles. The number of amides is 2. The second-order valence-corrected chi connectivity index (χ2v) is 8.11. The first kappa shape index (κ1) is 19.9. The number of halogens is 1. The molecule has 0 N–H and O–H groups in total. The smallest absolute Gasteiger partial charge is 0.308 e. The first-order valence-corrected chi connectivity index (χ1v) is 10.2. The topological polar surface area (TPSA) is 66.9 Å². The Balaban J connectivity index is 1.49. The third kappa shape index (κ3) is 4.69. The predicted octanol–water partition coefficient (Wildman–Crippen LogP) is 2.71. The second kappa shape index (κ2) is 8.87. The van der Waals surface area contributed by atoms with Crippen LogP contribution in [0.4, 0.5) is 0 Å². The normalized spacial score (nSPS) is 19.0. The molecular weight excluding hydrogens is 412 g/mol. The van der Waals surface area contributed by atoms with Crippen LogP contribution in [0.5, 0.6) is 0 Å². The van der Waals surface area contributed by atoms with Gasteiger partial charge in [0.2, 0.25) is 5.91 Å². The summed E-state index contributed by atoms with van der Waals surface area (Å²) in [5.41, 5.74) is 0.674. The highest BCUT2D eigenvalue weighted by atomic mass is 79.9. The number of hydrogen-bond acceptors (Lipinski definition) is 4. The highest BCUT2D eigenvalue weighted by molar-refractivity contribution is 9.10. The lowest BCUT2D eigenvalue weighted by Crippen LogP contribution is -2.47. The average molecular weight is 437 g/mol. The third-order valence-electron chi connectivity index (χ3n) is 5.56. The Morgan fingerprint density at radius 1 is 0.889 bits per heavy atom. The number of likely N-dealkylation sites (tertiary alicyclic amines) is 2. The van der Waals surface area contributed by atoms with Crippen molar-refractivity contribution in [3.8, 4) is 0 Å². The number of methoxy groups -OCH3 is 1. The maximum absolute atomic E-state index is 12.8. The number of rotatable bonds is 3. The Morgan fingerprint density at radius 2 is 1.41 bits per heavy atom. The van der Waals surface area contributed by atoms with Crippen molar-refractivity contribution in [2.45, 2.75) is 25.7 Å². The van der Waals surface area contributed by atoms with Crippen molar-refractivity contribution < 1.29 is 19.1 Å². The Bertz CT molecular complexity index is 690. The summed E-state index contributed by atoms with van der Waals surface area (Å²) in [7, 11) is 1.41. The van der Waals surface area contributed by atoms with E-state index in [-0.39, 0.29) is 29.6 Å². The van der Waals surface area contributed by atoms with Crippen molar-refractivity contribution in [3.63, 3.8) is 0 Å². The molecule has 0 aromatic heterocycles. The molecule has 0 radical (unpaired) electrons. The molecule has 2 heterocycles. The van der Waals surface area contributed by atoms with Gasteiger partial charge in [0.05, 0.1) is 13.0 Å². The van der Waals surface area contributed by atoms with Gasteiger partial charge in [0.1, 0.15) is 0 Å². The predicted molar refractivity (Wildman–Crippen MR) is 104 cm³/mol. The van der Waals surface area contributed by atoms with Gasteiger partial charge in [-0.1, -0.05) is 15.9 Å². The molecule has 6 nitrogen and oxygen atoms in total. The molecule has 0 spiro atoms. The molecule has 1 aromatic carbocycles. The van der Waals surface area contributed by atoms with E-state index in [0.717, 1.165) is 4.47 Å². The summed E-state index contributed by atoms with van der Waals surface area (Å²) in [6.45, 7) is 2.42. The van der Waals surface area contributed by atoms with Crippen molar-refractivity contribution in [1.82, 2.24) is 9.80 Å². The third-order valence-corrected chi connectivity index (χ3v) is 6.09. The molecular formula is C20H25BrN2O4. The Kier molecular flexibility index (Phi) is 6.52. The quantitative estimate of drug-likeness (QED) is 0.683. The monoisotopic (exact) mass is 436 g/mol. The number of carbonyl (C=O) groups excluding carboxylic acids is 3. The van der Waals surface area contributed by atoms with Gasteiger partial charge < -0.3 is 14.5 Å². The van der Waals surface area contributed by atoms with Crippen molar-refractivity contribution in [3.05, 3.63) is 34.3 Å². The van der Waals surface area contributed by atoms with Crippen LogP contribution in [-0.2, 0) is 14.3 Å². The minimum atomic E-state index is -0.179. The van der Waals surface area contributed by atoms with Crippen LogP contribution >= 0.6 is 15.9 Å². The van der Waals surface area contributed by atoms with Crippen LogP contribution in [0, 0.1) is 11.8 Å². The van der Waals surface area contributed by atoms with E-state index in [2.05, 4.69) is 15.9 Å². The molecule has 0 bridgehead atoms. The number of nitrogens with zero attached hydrogens (tertiary/aromatic N) is 2. The van der Waals surface area contributed by atoms with E-state index in [9.17, 15) is 14.4 Å². The first-order valence-electron chi connectivity index (χ1n) is 9.41. The Labute approximate surface area is 168 Å². The van der Waals surface area contributed by atoms with Crippen molar-refractivity contribution in [2.24, 2.45) is 11.8 Å². The molecule has 2 fully saturated rings. The maximum atomic E-state index is 12.8. The largest absolute Gasteiger partial charge is 0.469 e. The van der Waals surface area contributed by atoms with E-state index < -0.39 is 0 Å². The van der Waals surface area contributed by atoms with Gasteiger partial charge in [0, 0.05) is 42.1 Å². The van der Waals surface area contributed by atoms with Crippen LogP contribution < -0.4 is 0 Å². The Morgan fingerprint density at radius 3 is 1.96 bits per heavy atom. The molecule has 0 aliphatic carbocycles. The molecule has 0 saturated carbocycles. The summed E-state index contributed by atoms with van der Waals surface area (Å²) in [6, 6.07) is 7.35. The minimum absolute atomic E-state index is 0.0206. The van der Waals surface area contributed by atoms with Crippen LogP contribution in [0.25, 0.3) is 0 Å². The molecule has 2 aliphatic rings.